The quantitative estimate of drug-likeness (QED) is 0.554. The second kappa shape index (κ2) is 7.15. The summed E-state index contributed by atoms with van der Waals surface area (Å²) in [6, 6.07) is 10.3. The van der Waals surface area contributed by atoms with Gasteiger partial charge in [0.2, 0.25) is 0 Å². The summed E-state index contributed by atoms with van der Waals surface area (Å²) in [7, 11) is 0. The van der Waals surface area contributed by atoms with Crippen LogP contribution in [0.25, 0.3) is 22.2 Å². The van der Waals surface area contributed by atoms with E-state index in [4.69, 9.17) is 5.73 Å². The van der Waals surface area contributed by atoms with E-state index >= 15 is 0 Å². The number of anilines is 1. The molecule has 2 heterocycles. The topological polar surface area (TPSA) is 110 Å². The molecule has 8 heteroatoms. The maximum atomic E-state index is 13.8. The normalized spacial score (nSPS) is 11.1. The van der Waals surface area contributed by atoms with Crippen molar-refractivity contribution >= 4 is 22.5 Å². The number of H-pyrrole nitrogens is 1. The molecule has 0 unspecified atom stereocenters. The van der Waals surface area contributed by atoms with Crippen LogP contribution < -0.4 is 5.73 Å². The minimum Gasteiger partial charge on any atom is -0.382 e. The van der Waals surface area contributed by atoms with Crippen LogP contribution in [0.5, 0.6) is 0 Å². The van der Waals surface area contributed by atoms with E-state index in [1.807, 2.05) is 25.1 Å². The smallest absolute Gasteiger partial charge is 0.158 e. The van der Waals surface area contributed by atoms with Gasteiger partial charge in [-0.25, -0.2) is 9.37 Å². The zero-order valence-corrected chi connectivity index (χ0v) is 15.1. The molecular formula is C20H17FN6O. The van der Waals surface area contributed by atoms with E-state index in [0.717, 1.165) is 22.0 Å². The van der Waals surface area contributed by atoms with Gasteiger partial charge in [0.1, 0.15) is 17.3 Å². The van der Waals surface area contributed by atoms with Crippen LogP contribution in [0.1, 0.15) is 17.0 Å². The number of nitrogens with zero attached hydrogens (tertiary/aromatic N) is 4. The van der Waals surface area contributed by atoms with Crippen LogP contribution in [0.15, 0.2) is 42.6 Å². The molecule has 0 bridgehead atoms. The van der Waals surface area contributed by atoms with Crippen molar-refractivity contribution in [3.63, 3.8) is 0 Å². The standard InChI is InChI=1S/C20H17FN6O/c1-11-5-6-15(21)12(7-11)8-13(28)9-18-23-10-17(25-26-18)14-3-2-4-16-19(14)20(22)27-24-16/h2-7,10H,8-9H2,1H3,(H3,22,24,27). The second-order valence-corrected chi connectivity index (χ2v) is 6.58. The zero-order valence-electron chi connectivity index (χ0n) is 15.1. The molecule has 4 rings (SSSR count). The number of Topliss-reactive ketones (excluding diaryl/α,β-unsaturated/α-hetero) is 1. The highest BCUT2D eigenvalue weighted by atomic mass is 19.1. The maximum absolute atomic E-state index is 13.8. The van der Waals surface area contributed by atoms with Crippen molar-refractivity contribution in [2.75, 3.05) is 5.73 Å². The van der Waals surface area contributed by atoms with E-state index in [1.165, 1.54) is 6.07 Å². The number of nitrogens with two attached hydrogens (primary N) is 1. The number of hydrogen-bond donors (Lipinski definition) is 2. The van der Waals surface area contributed by atoms with Gasteiger partial charge < -0.3 is 5.73 Å². The first-order valence-electron chi connectivity index (χ1n) is 8.69. The molecule has 4 aromatic rings. The van der Waals surface area contributed by atoms with Crippen LogP contribution in [0, 0.1) is 12.7 Å². The van der Waals surface area contributed by atoms with Gasteiger partial charge in [0, 0.05) is 12.0 Å². The number of benzene rings is 2. The molecule has 0 saturated carbocycles. The van der Waals surface area contributed by atoms with E-state index in [0.29, 0.717) is 17.1 Å². The van der Waals surface area contributed by atoms with Gasteiger partial charge >= 0.3 is 0 Å². The number of hydrogen-bond acceptors (Lipinski definition) is 6. The van der Waals surface area contributed by atoms with E-state index in [9.17, 15) is 9.18 Å². The third-order valence-corrected chi connectivity index (χ3v) is 4.45. The monoisotopic (exact) mass is 376 g/mol. The van der Waals surface area contributed by atoms with Gasteiger partial charge in [0.25, 0.3) is 0 Å². The number of halogens is 1. The Morgan fingerprint density at radius 3 is 2.82 bits per heavy atom. The van der Waals surface area contributed by atoms with Crippen LogP contribution in [0.2, 0.25) is 0 Å². The second-order valence-electron chi connectivity index (χ2n) is 6.58. The number of nitrogen functional groups attached to an aromatic ring is 1. The Kier molecular flexibility index (Phi) is 4.52. The molecule has 0 spiro atoms. The Bertz CT molecular complexity index is 1170. The number of carbonyl (C=O) groups is 1. The van der Waals surface area contributed by atoms with Gasteiger partial charge in [0.15, 0.2) is 11.6 Å². The van der Waals surface area contributed by atoms with E-state index in [2.05, 4.69) is 25.4 Å². The van der Waals surface area contributed by atoms with Gasteiger partial charge in [-0.05, 0) is 24.6 Å². The molecule has 0 atom stereocenters. The van der Waals surface area contributed by atoms with Gasteiger partial charge in [0.05, 0.1) is 23.5 Å². The predicted octanol–water partition coefficient (Wildman–Crippen LogP) is 2.80. The molecule has 0 aliphatic heterocycles. The van der Waals surface area contributed by atoms with Crippen molar-refractivity contribution < 1.29 is 9.18 Å². The van der Waals surface area contributed by atoms with E-state index in [-0.39, 0.29) is 30.3 Å². The number of fused-ring (bicyclic) bond motifs is 1. The maximum Gasteiger partial charge on any atom is 0.158 e. The van der Waals surface area contributed by atoms with Crippen LogP contribution >= 0.6 is 0 Å². The molecule has 2 aromatic carbocycles. The number of aromatic nitrogens is 5. The summed E-state index contributed by atoms with van der Waals surface area (Å²) in [4.78, 5) is 16.5. The summed E-state index contributed by atoms with van der Waals surface area (Å²) >= 11 is 0. The minimum absolute atomic E-state index is 0.0104. The largest absolute Gasteiger partial charge is 0.382 e. The fraction of sp³-hybridized carbons (Fsp3) is 0.150. The fourth-order valence-corrected chi connectivity index (χ4v) is 3.10. The fourth-order valence-electron chi connectivity index (χ4n) is 3.10. The Morgan fingerprint density at radius 2 is 2.04 bits per heavy atom. The molecule has 0 aliphatic rings. The summed E-state index contributed by atoms with van der Waals surface area (Å²) in [5.74, 6) is 0.0837. The van der Waals surface area contributed by atoms with Crippen molar-refractivity contribution in [3.05, 3.63) is 65.4 Å². The number of aryl methyl sites for hydroxylation is 1. The first-order valence-corrected chi connectivity index (χ1v) is 8.69. The number of aromatic amines is 1. The Labute approximate surface area is 159 Å². The Balaban J connectivity index is 1.52. The van der Waals surface area contributed by atoms with Crippen molar-refractivity contribution in [2.45, 2.75) is 19.8 Å². The SMILES string of the molecule is Cc1ccc(F)c(CC(=O)Cc2ncc(-c3cccc4[nH]nc(N)c34)nn2)c1. The molecule has 2 aromatic heterocycles. The van der Waals surface area contributed by atoms with Crippen LogP contribution in [0.3, 0.4) is 0 Å². The van der Waals surface area contributed by atoms with Crippen molar-refractivity contribution in [1.82, 2.24) is 25.4 Å². The molecule has 0 radical (unpaired) electrons. The zero-order chi connectivity index (χ0) is 19.7. The third-order valence-electron chi connectivity index (χ3n) is 4.45. The summed E-state index contributed by atoms with van der Waals surface area (Å²) < 4.78 is 13.8. The van der Waals surface area contributed by atoms with Crippen LogP contribution in [0.4, 0.5) is 10.2 Å². The molecular weight excluding hydrogens is 359 g/mol. The highest BCUT2D eigenvalue weighted by molar-refractivity contribution is 6.00. The van der Waals surface area contributed by atoms with Crippen LogP contribution in [-0.4, -0.2) is 31.2 Å². The molecule has 3 N–H and O–H groups in total. The number of ketones is 1. The first kappa shape index (κ1) is 17.7. The summed E-state index contributed by atoms with van der Waals surface area (Å²) in [5, 5.41) is 15.8. The Hall–Kier alpha value is -3.68. The highest BCUT2D eigenvalue weighted by Crippen LogP contribution is 2.29. The predicted molar refractivity (Wildman–Crippen MR) is 103 cm³/mol. The van der Waals surface area contributed by atoms with E-state index < -0.39 is 0 Å². The van der Waals surface area contributed by atoms with Crippen molar-refractivity contribution in [1.29, 1.82) is 0 Å². The van der Waals surface area contributed by atoms with Gasteiger partial charge in [-0.2, -0.15) is 5.10 Å². The van der Waals surface area contributed by atoms with Crippen molar-refractivity contribution in [3.8, 4) is 11.3 Å². The third kappa shape index (κ3) is 3.44. The molecule has 7 nitrogen and oxygen atoms in total. The lowest BCUT2D eigenvalue weighted by atomic mass is 10.0. The van der Waals surface area contributed by atoms with Gasteiger partial charge in [-0.15, -0.1) is 10.2 Å². The average Bonchev–Trinajstić information content (AvgIpc) is 3.07. The Morgan fingerprint density at radius 1 is 1.18 bits per heavy atom. The first-order chi connectivity index (χ1) is 13.5. The van der Waals surface area contributed by atoms with E-state index in [1.54, 1.807) is 18.3 Å². The van der Waals surface area contributed by atoms with Crippen molar-refractivity contribution in [2.24, 2.45) is 0 Å². The lowest BCUT2D eigenvalue weighted by Crippen LogP contribution is -2.11. The lowest BCUT2D eigenvalue weighted by molar-refractivity contribution is -0.117. The number of nitrogens with one attached hydrogen (secondary N) is 1. The molecule has 0 amide bonds. The lowest BCUT2D eigenvalue weighted by Gasteiger charge is -2.05. The summed E-state index contributed by atoms with van der Waals surface area (Å²) in [5.41, 5.74) is 9.26. The molecule has 0 fully saturated rings. The van der Waals surface area contributed by atoms with Crippen LogP contribution in [-0.2, 0) is 17.6 Å². The summed E-state index contributed by atoms with van der Waals surface area (Å²) in [6.45, 7) is 1.85. The van der Waals surface area contributed by atoms with Gasteiger partial charge in [-0.1, -0.05) is 29.8 Å². The molecule has 0 saturated heterocycles. The number of carbonyl (C=O) groups excluding carboxylic acids is 1. The summed E-state index contributed by atoms with van der Waals surface area (Å²) in [6.07, 6.45) is 1.52. The minimum atomic E-state index is -0.390. The number of rotatable bonds is 5. The molecule has 0 aliphatic carbocycles. The highest BCUT2D eigenvalue weighted by Gasteiger charge is 2.14. The molecule has 28 heavy (non-hydrogen) atoms. The average molecular weight is 376 g/mol. The van der Waals surface area contributed by atoms with Gasteiger partial charge in [-0.3, -0.25) is 9.89 Å². The molecule has 140 valence electrons.